The van der Waals surface area contributed by atoms with Gasteiger partial charge in [0.05, 0.1) is 9.38 Å². The van der Waals surface area contributed by atoms with Crippen molar-refractivity contribution in [3.63, 3.8) is 0 Å². The topological polar surface area (TPSA) is 37.3 Å². The summed E-state index contributed by atoms with van der Waals surface area (Å²) in [6.07, 6.45) is 1.22. The van der Waals surface area contributed by atoms with Gasteiger partial charge in [-0.3, -0.25) is 4.79 Å². The molecule has 3 aromatic carbocycles. The molecule has 2 nitrogen and oxygen atoms in total. The third-order valence-corrected chi connectivity index (χ3v) is 6.17. The number of benzene rings is 3. The van der Waals surface area contributed by atoms with Crippen molar-refractivity contribution < 1.29 is 31.9 Å². The Kier molecular flexibility index (Phi) is 7.23. The first-order chi connectivity index (χ1) is 14.6. The molecule has 0 amide bonds. The molecule has 0 fully saturated rings. The van der Waals surface area contributed by atoms with Gasteiger partial charge in [-0.05, 0) is 64.0 Å². The zero-order valence-corrected chi connectivity index (χ0v) is 19.0. The lowest BCUT2D eigenvalue weighted by Gasteiger charge is -2.11. The van der Waals surface area contributed by atoms with Crippen molar-refractivity contribution in [3.05, 3.63) is 96.5 Å². The number of carbonyl (C=O) groups is 1. The van der Waals surface area contributed by atoms with Crippen molar-refractivity contribution in [1.82, 2.24) is 0 Å². The Bertz CT molecular complexity index is 1180. The summed E-state index contributed by atoms with van der Waals surface area (Å²) >= 11 is 7.14. The number of aromatic hydroxyl groups is 1. The van der Waals surface area contributed by atoms with Crippen molar-refractivity contribution in [3.8, 4) is 5.75 Å². The second kappa shape index (κ2) is 9.54. The first kappa shape index (κ1) is 23.5. The van der Waals surface area contributed by atoms with E-state index in [0.29, 0.717) is 10.5 Å². The van der Waals surface area contributed by atoms with E-state index in [1.54, 1.807) is 24.3 Å². The molecule has 0 unspecified atom stereocenters. The highest BCUT2D eigenvalue weighted by atomic mass is 79.9. The lowest BCUT2D eigenvalue weighted by molar-refractivity contribution is 0.103. The maximum atomic E-state index is 14.2. The molecule has 0 saturated carbocycles. The number of hydrogen-bond acceptors (Lipinski definition) is 3. The van der Waals surface area contributed by atoms with Gasteiger partial charge in [-0.1, -0.05) is 33.8 Å². The van der Waals surface area contributed by atoms with Crippen LogP contribution < -0.4 is 0 Å². The van der Waals surface area contributed by atoms with Gasteiger partial charge in [-0.15, -0.1) is 0 Å². The highest BCUT2D eigenvalue weighted by Crippen LogP contribution is 2.35. The Hall–Kier alpha value is -2.17. The number of ketones is 1. The van der Waals surface area contributed by atoms with Crippen LogP contribution in [-0.4, -0.2) is 10.9 Å². The third-order valence-electron chi connectivity index (χ3n) is 3.97. The Morgan fingerprint density at radius 1 is 0.839 bits per heavy atom. The normalized spacial score (nSPS) is 11.6. The molecule has 0 aliphatic carbocycles. The number of phenols is 1. The average molecular weight is 580 g/mol. The molecule has 31 heavy (non-hydrogen) atoms. The van der Waals surface area contributed by atoms with E-state index >= 15 is 0 Å². The molecule has 0 atom stereocenters. The summed E-state index contributed by atoms with van der Waals surface area (Å²) in [6.45, 7) is 0. The minimum Gasteiger partial charge on any atom is -0.507 e. The summed E-state index contributed by atoms with van der Waals surface area (Å²) in [4.78, 5) is 13.1. The second-order valence-corrected chi connectivity index (χ2v) is 8.93. The molecular weight excluding hydrogens is 571 g/mol. The maximum absolute atomic E-state index is 14.2. The summed E-state index contributed by atoms with van der Waals surface area (Å²) < 4.78 is 70.2. The van der Waals surface area contributed by atoms with Gasteiger partial charge in [0.15, 0.2) is 23.3 Å². The number of allylic oxidation sites excluding steroid dienone is 1. The molecule has 0 bridgehead atoms. The number of halogens is 7. The molecule has 1 N–H and O–H groups in total. The Morgan fingerprint density at radius 2 is 1.39 bits per heavy atom. The first-order valence-electron chi connectivity index (χ1n) is 8.30. The third kappa shape index (κ3) is 5.02. The molecule has 0 radical (unpaired) electrons. The number of carbonyl (C=O) groups excluding carboxylic acids is 1. The van der Waals surface area contributed by atoms with Crippen LogP contribution in [0.15, 0.2) is 61.2 Å². The Balaban J connectivity index is 2.16. The van der Waals surface area contributed by atoms with Gasteiger partial charge in [0, 0.05) is 9.37 Å². The van der Waals surface area contributed by atoms with Crippen LogP contribution in [0.1, 0.15) is 15.9 Å². The molecule has 3 rings (SSSR count). The van der Waals surface area contributed by atoms with Crippen LogP contribution in [0.3, 0.4) is 0 Å². The lowest BCUT2D eigenvalue weighted by Crippen LogP contribution is -2.13. The van der Waals surface area contributed by atoms with Crippen LogP contribution in [0.2, 0.25) is 0 Å². The molecular formula is C21H9Br2F5O2S. The molecule has 160 valence electrons. The zero-order valence-electron chi connectivity index (χ0n) is 15.0. The average Bonchev–Trinajstić information content (AvgIpc) is 2.74. The monoisotopic (exact) mass is 578 g/mol. The molecule has 0 aromatic heterocycles. The number of thioether (sulfide) groups is 1. The van der Waals surface area contributed by atoms with E-state index in [1.807, 2.05) is 0 Å². The first-order valence-corrected chi connectivity index (χ1v) is 10.7. The van der Waals surface area contributed by atoms with E-state index in [4.69, 9.17) is 0 Å². The quantitative estimate of drug-likeness (QED) is 0.0843. The highest BCUT2D eigenvalue weighted by molar-refractivity contribution is 9.10. The molecule has 0 saturated heterocycles. The zero-order chi connectivity index (χ0) is 22.9. The number of phenolic OH excluding ortho intramolecular Hbond substituents is 1. The number of rotatable bonds is 5. The summed E-state index contributed by atoms with van der Waals surface area (Å²) in [6, 6.07) is 10.6. The molecule has 0 heterocycles. The summed E-state index contributed by atoms with van der Waals surface area (Å²) in [5.41, 5.74) is -1.22. The molecule has 3 aromatic rings. The van der Waals surface area contributed by atoms with Gasteiger partial charge >= 0.3 is 0 Å². The van der Waals surface area contributed by atoms with E-state index in [-0.39, 0.29) is 15.1 Å². The van der Waals surface area contributed by atoms with Gasteiger partial charge in [0.1, 0.15) is 11.3 Å². The van der Waals surface area contributed by atoms with Crippen molar-refractivity contribution in [1.29, 1.82) is 0 Å². The van der Waals surface area contributed by atoms with Crippen LogP contribution in [0.25, 0.3) is 6.08 Å². The van der Waals surface area contributed by atoms with E-state index in [0.717, 1.165) is 16.2 Å². The number of hydrogen-bond donors (Lipinski definition) is 1. The Morgan fingerprint density at radius 3 is 1.94 bits per heavy atom. The summed E-state index contributed by atoms with van der Waals surface area (Å²) in [7, 11) is 0. The van der Waals surface area contributed by atoms with Gasteiger partial charge in [-0.2, -0.15) is 0 Å². The largest absolute Gasteiger partial charge is 0.507 e. The fourth-order valence-electron chi connectivity index (χ4n) is 2.46. The van der Waals surface area contributed by atoms with Crippen molar-refractivity contribution in [2.75, 3.05) is 0 Å². The van der Waals surface area contributed by atoms with Gasteiger partial charge in [0.25, 0.3) is 0 Å². The van der Waals surface area contributed by atoms with Crippen LogP contribution in [-0.2, 0) is 0 Å². The van der Waals surface area contributed by atoms with Gasteiger partial charge in [-0.25, -0.2) is 22.0 Å². The highest BCUT2D eigenvalue weighted by Gasteiger charge is 2.31. The molecule has 10 heteroatoms. The van der Waals surface area contributed by atoms with Gasteiger partial charge < -0.3 is 5.11 Å². The van der Waals surface area contributed by atoms with Crippen LogP contribution in [0.5, 0.6) is 5.75 Å². The van der Waals surface area contributed by atoms with Gasteiger partial charge in [0.2, 0.25) is 11.6 Å². The minimum atomic E-state index is -2.35. The fourth-order valence-corrected chi connectivity index (χ4v) is 4.04. The van der Waals surface area contributed by atoms with Crippen LogP contribution in [0.4, 0.5) is 22.0 Å². The standard InChI is InChI=1S/C21H9Br2F5O2S/c22-10-2-4-11(5-3-10)31-14(8-9-1-6-13(29)12(23)7-9)21(30)15-16(24)18(26)20(28)19(27)17(15)25/h1-8,29H/b14-8+. The maximum Gasteiger partial charge on any atom is 0.205 e. The molecule has 0 spiro atoms. The van der Waals surface area contributed by atoms with E-state index in [2.05, 4.69) is 31.9 Å². The van der Waals surface area contributed by atoms with Crippen molar-refractivity contribution >= 4 is 55.5 Å². The minimum absolute atomic E-state index is 0.0923. The van der Waals surface area contributed by atoms with Crippen LogP contribution in [0, 0.1) is 29.1 Å². The van der Waals surface area contributed by atoms with Crippen molar-refractivity contribution in [2.24, 2.45) is 0 Å². The second-order valence-electron chi connectivity index (χ2n) is 6.05. The van der Waals surface area contributed by atoms with Crippen LogP contribution >= 0.6 is 43.6 Å². The number of Topliss-reactive ketones (excluding diaryl/α,β-unsaturated/α-hetero) is 1. The molecule has 0 aliphatic rings. The predicted octanol–water partition coefficient (Wildman–Crippen LogP) is 7.63. The fraction of sp³-hybridized carbons (Fsp3) is 0. The summed E-state index contributed by atoms with van der Waals surface area (Å²) in [5.74, 6) is -12.7. The van der Waals surface area contributed by atoms with Crippen molar-refractivity contribution in [2.45, 2.75) is 4.90 Å². The molecule has 0 aliphatic heterocycles. The van der Waals surface area contributed by atoms with E-state index in [9.17, 15) is 31.9 Å². The summed E-state index contributed by atoms with van der Waals surface area (Å²) in [5, 5.41) is 9.62. The SMILES string of the molecule is O=C(/C(=C\c1ccc(O)c(Br)c1)Sc1ccc(Br)cc1)c1c(F)c(F)c(F)c(F)c1F. The lowest BCUT2D eigenvalue weighted by atomic mass is 10.1. The smallest absolute Gasteiger partial charge is 0.205 e. The van der Waals surface area contributed by atoms with E-state index in [1.165, 1.54) is 24.3 Å². The Labute approximate surface area is 194 Å². The predicted molar refractivity (Wildman–Crippen MR) is 114 cm³/mol. The van der Waals surface area contributed by atoms with E-state index < -0.39 is 40.4 Å².